The van der Waals surface area contributed by atoms with Gasteiger partial charge < -0.3 is 14.6 Å². The molecule has 4 aromatic rings. The summed E-state index contributed by atoms with van der Waals surface area (Å²) in [5, 5.41) is 3.97. The molecule has 5 rings (SSSR count). The van der Waals surface area contributed by atoms with Gasteiger partial charge in [0, 0.05) is 60.8 Å². The fourth-order valence-corrected chi connectivity index (χ4v) is 4.88. The van der Waals surface area contributed by atoms with Crippen molar-refractivity contribution in [1.82, 2.24) is 4.90 Å². The van der Waals surface area contributed by atoms with E-state index in [2.05, 4.69) is 57.6 Å². The van der Waals surface area contributed by atoms with Crippen LogP contribution in [-0.2, 0) is 11.3 Å². The van der Waals surface area contributed by atoms with Gasteiger partial charge in [0.25, 0.3) is 0 Å². The van der Waals surface area contributed by atoms with Crippen LogP contribution in [0.1, 0.15) is 11.3 Å². The summed E-state index contributed by atoms with van der Waals surface area (Å²) in [6.45, 7) is 5.00. The average Bonchev–Trinajstić information content (AvgIpc) is 3.38. The van der Waals surface area contributed by atoms with Gasteiger partial charge >= 0.3 is 0 Å². The van der Waals surface area contributed by atoms with Gasteiger partial charge in [-0.2, -0.15) is 0 Å². The molecule has 1 aromatic heterocycles. The second-order valence-electron chi connectivity index (χ2n) is 8.94. The van der Waals surface area contributed by atoms with Crippen LogP contribution in [0.3, 0.4) is 0 Å². The lowest BCUT2D eigenvalue weighted by atomic mass is 10.2. The molecular weight excluding hydrogens is 505 g/mol. The number of nitrogens with one attached hydrogen (secondary N) is 1. The first-order valence-corrected chi connectivity index (χ1v) is 12.9. The molecule has 2 heterocycles. The van der Waals surface area contributed by atoms with Gasteiger partial charge in [0.05, 0.1) is 5.02 Å². The summed E-state index contributed by atoms with van der Waals surface area (Å²) < 4.78 is 5.81. The van der Waals surface area contributed by atoms with Crippen molar-refractivity contribution in [1.29, 1.82) is 0 Å². The number of carbonyl (C=O) groups excluding carboxylic acids is 1. The van der Waals surface area contributed by atoms with Crippen LogP contribution in [0, 0.1) is 0 Å². The molecule has 1 aliphatic rings. The van der Waals surface area contributed by atoms with Gasteiger partial charge in [-0.15, -0.1) is 0 Å². The number of carbonyl (C=O) groups is 1. The van der Waals surface area contributed by atoms with Crippen LogP contribution < -0.4 is 10.2 Å². The lowest BCUT2D eigenvalue weighted by Crippen LogP contribution is -2.45. The molecule has 0 saturated carbocycles. The first-order chi connectivity index (χ1) is 18.0. The standard InChI is InChI=1S/C30H27Cl2N3O2/c31-23-6-13-27(28(32)20-23)29-14-11-26(37-29)12-15-30(36)33-24-7-9-25(10-8-24)35-18-16-34(17-19-35)21-22-4-2-1-3-5-22/h1-15,20H,16-19,21H2,(H,33,36)/b15-12+. The monoisotopic (exact) mass is 531 g/mol. The third-order valence-electron chi connectivity index (χ3n) is 6.34. The van der Waals surface area contributed by atoms with E-state index in [9.17, 15) is 4.79 Å². The van der Waals surface area contributed by atoms with Crippen molar-refractivity contribution in [2.24, 2.45) is 0 Å². The predicted octanol–water partition coefficient (Wildman–Crippen LogP) is 7.23. The smallest absolute Gasteiger partial charge is 0.248 e. The van der Waals surface area contributed by atoms with Crippen molar-refractivity contribution in [3.8, 4) is 11.3 Å². The van der Waals surface area contributed by atoms with Gasteiger partial charge in [-0.3, -0.25) is 9.69 Å². The molecule has 0 aliphatic carbocycles. The number of anilines is 2. The van der Waals surface area contributed by atoms with E-state index >= 15 is 0 Å². The quantitative estimate of drug-likeness (QED) is 0.255. The molecule has 3 aromatic carbocycles. The Morgan fingerprint density at radius 1 is 0.892 bits per heavy atom. The Morgan fingerprint density at radius 2 is 1.65 bits per heavy atom. The first kappa shape index (κ1) is 25.2. The van der Waals surface area contributed by atoms with E-state index in [1.54, 1.807) is 30.3 Å². The van der Waals surface area contributed by atoms with E-state index in [-0.39, 0.29) is 5.91 Å². The molecule has 0 spiro atoms. The Balaban J connectivity index is 1.12. The molecule has 1 N–H and O–H groups in total. The normalized spacial score (nSPS) is 14.3. The summed E-state index contributed by atoms with van der Waals surface area (Å²) in [7, 11) is 0. The van der Waals surface area contributed by atoms with Gasteiger partial charge in [0.15, 0.2) is 0 Å². The van der Waals surface area contributed by atoms with Crippen molar-refractivity contribution in [2.75, 3.05) is 36.4 Å². The predicted molar refractivity (Wildman–Crippen MR) is 152 cm³/mol. The average molecular weight is 532 g/mol. The van der Waals surface area contributed by atoms with E-state index in [1.165, 1.54) is 11.6 Å². The van der Waals surface area contributed by atoms with E-state index in [0.717, 1.165) is 49.7 Å². The van der Waals surface area contributed by atoms with Crippen molar-refractivity contribution in [3.63, 3.8) is 0 Å². The number of rotatable bonds is 7. The zero-order chi connectivity index (χ0) is 25.6. The number of benzene rings is 3. The summed E-state index contributed by atoms with van der Waals surface area (Å²) in [4.78, 5) is 17.3. The molecule has 188 valence electrons. The van der Waals surface area contributed by atoms with Gasteiger partial charge in [-0.1, -0.05) is 53.5 Å². The topological polar surface area (TPSA) is 48.7 Å². The van der Waals surface area contributed by atoms with Crippen LogP contribution in [0.2, 0.25) is 10.0 Å². The van der Waals surface area contributed by atoms with E-state index < -0.39 is 0 Å². The molecule has 37 heavy (non-hydrogen) atoms. The summed E-state index contributed by atoms with van der Waals surface area (Å²) >= 11 is 12.2. The molecule has 5 nitrogen and oxygen atoms in total. The molecule has 1 aliphatic heterocycles. The van der Waals surface area contributed by atoms with E-state index in [4.69, 9.17) is 27.6 Å². The van der Waals surface area contributed by atoms with Crippen LogP contribution in [-0.4, -0.2) is 37.0 Å². The van der Waals surface area contributed by atoms with Crippen LogP contribution in [0.25, 0.3) is 17.4 Å². The van der Waals surface area contributed by atoms with E-state index in [1.807, 2.05) is 18.2 Å². The molecule has 1 fully saturated rings. The number of piperazine rings is 1. The van der Waals surface area contributed by atoms with Crippen LogP contribution >= 0.6 is 23.2 Å². The lowest BCUT2D eigenvalue weighted by molar-refractivity contribution is -0.111. The summed E-state index contributed by atoms with van der Waals surface area (Å²) in [6.07, 6.45) is 3.08. The van der Waals surface area contributed by atoms with Crippen LogP contribution in [0.5, 0.6) is 0 Å². The molecule has 0 radical (unpaired) electrons. The zero-order valence-corrected chi connectivity index (χ0v) is 21.8. The number of furan rings is 1. The Hall–Kier alpha value is -3.51. The van der Waals surface area contributed by atoms with Crippen molar-refractivity contribution in [2.45, 2.75) is 6.54 Å². The SMILES string of the molecule is O=C(/C=C/c1ccc(-c2ccc(Cl)cc2Cl)o1)Nc1ccc(N2CCN(Cc3ccccc3)CC2)cc1. The largest absolute Gasteiger partial charge is 0.457 e. The maximum absolute atomic E-state index is 12.4. The maximum Gasteiger partial charge on any atom is 0.248 e. The van der Waals surface area contributed by atoms with Gasteiger partial charge in [0.2, 0.25) is 5.91 Å². The minimum Gasteiger partial charge on any atom is -0.457 e. The minimum absolute atomic E-state index is 0.232. The third-order valence-corrected chi connectivity index (χ3v) is 6.89. The van der Waals surface area contributed by atoms with Gasteiger partial charge in [-0.05, 0) is 66.2 Å². The molecule has 0 unspecified atom stereocenters. The fourth-order valence-electron chi connectivity index (χ4n) is 4.38. The number of nitrogens with zero attached hydrogens (tertiary/aromatic N) is 2. The minimum atomic E-state index is -0.232. The maximum atomic E-state index is 12.4. The number of halogens is 2. The molecule has 0 atom stereocenters. The summed E-state index contributed by atoms with van der Waals surface area (Å²) in [6, 6.07) is 27.4. The molecule has 1 saturated heterocycles. The zero-order valence-electron chi connectivity index (χ0n) is 20.2. The van der Waals surface area contributed by atoms with Crippen molar-refractivity contribution < 1.29 is 9.21 Å². The Bertz CT molecular complexity index is 1380. The molecular formula is C30H27Cl2N3O2. The van der Waals surface area contributed by atoms with E-state index in [0.29, 0.717) is 21.6 Å². The second kappa shape index (κ2) is 11.7. The highest BCUT2D eigenvalue weighted by Gasteiger charge is 2.17. The first-order valence-electron chi connectivity index (χ1n) is 12.2. The molecule has 7 heteroatoms. The van der Waals surface area contributed by atoms with Gasteiger partial charge in [-0.25, -0.2) is 0 Å². The number of hydrogen-bond acceptors (Lipinski definition) is 4. The Kier molecular flexibility index (Phi) is 7.95. The van der Waals surface area contributed by atoms with Crippen LogP contribution in [0.4, 0.5) is 11.4 Å². The highest BCUT2D eigenvalue weighted by atomic mass is 35.5. The highest BCUT2D eigenvalue weighted by molar-refractivity contribution is 6.36. The van der Waals surface area contributed by atoms with Crippen LogP contribution in [0.15, 0.2) is 95.4 Å². The summed E-state index contributed by atoms with van der Waals surface area (Å²) in [5.74, 6) is 0.931. The Morgan fingerprint density at radius 3 is 2.38 bits per heavy atom. The summed E-state index contributed by atoms with van der Waals surface area (Å²) in [5.41, 5.74) is 4.00. The third kappa shape index (κ3) is 6.63. The highest BCUT2D eigenvalue weighted by Crippen LogP contribution is 2.31. The Labute approximate surface area is 226 Å². The molecule has 0 bridgehead atoms. The molecule has 1 amide bonds. The number of hydrogen-bond donors (Lipinski definition) is 1. The van der Waals surface area contributed by atoms with Crippen molar-refractivity contribution in [3.05, 3.63) is 112 Å². The van der Waals surface area contributed by atoms with Gasteiger partial charge in [0.1, 0.15) is 11.5 Å². The second-order valence-corrected chi connectivity index (χ2v) is 9.79. The van der Waals surface area contributed by atoms with Crippen molar-refractivity contribution >= 4 is 46.6 Å². The lowest BCUT2D eigenvalue weighted by Gasteiger charge is -2.36. The fraction of sp³-hybridized carbons (Fsp3) is 0.167. The number of amides is 1.